The second kappa shape index (κ2) is 11.4. The fraction of sp³-hybridized carbons (Fsp3) is 0.542. The highest BCUT2D eigenvalue weighted by atomic mass is 16.5. The molecule has 3 rings (SSSR count). The number of hydrogen-bond acceptors (Lipinski definition) is 6. The Bertz CT molecular complexity index is 799. The third-order valence-electron chi connectivity index (χ3n) is 5.67. The fourth-order valence-electron chi connectivity index (χ4n) is 4.14. The van der Waals surface area contributed by atoms with Crippen molar-refractivity contribution in [1.82, 2.24) is 14.8 Å². The topological polar surface area (TPSA) is 58.1 Å². The van der Waals surface area contributed by atoms with Gasteiger partial charge in [-0.25, -0.2) is 0 Å². The highest BCUT2D eigenvalue weighted by Crippen LogP contribution is 2.23. The summed E-state index contributed by atoms with van der Waals surface area (Å²) in [7, 11) is 1.70. The Labute approximate surface area is 180 Å². The lowest BCUT2D eigenvalue weighted by atomic mass is 10.1. The molecule has 1 aliphatic rings. The average Bonchev–Trinajstić information content (AvgIpc) is 2.74. The minimum absolute atomic E-state index is 0.206. The van der Waals surface area contributed by atoms with Crippen LogP contribution in [-0.2, 0) is 24.4 Å². The Morgan fingerprint density at radius 3 is 2.77 bits per heavy atom. The SMILES string of the molecule is CCOCc1cc(CN2CCN(Cc3cccc(C)n3)[C@@H](CCO)C2)ccc1OC. The van der Waals surface area contributed by atoms with Gasteiger partial charge in [0.05, 0.1) is 19.4 Å². The van der Waals surface area contributed by atoms with E-state index in [1.54, 1.807) is 7.11 Å². The van der Waals surface area contributed by atoms with Crippen molar-refractivity contribution in [3.63, 3.8) is 0 Å². The van der Waals surface area contributed by atoms with E-state index in [4.69, 9.17) is 9.47 Å². The summed E-state index contributed by atoms with van der Waals surface area (Å²) in [6.45, 7) is 10.1. The molecule has 0 bridgehead atoms. The fourth-order valence-corrected chi connectivity index (χ4v) is 4.14. The second-order valence-corrected chi connectivity index (χ2v) is 7.93. The Balaban J connectivity index is 1.64. The van der Waals surface area contributed by atoms with E-state index in [9.17, 15) is 5.11 Å². The number of rotatable bonds is 10. The van der Waals surface area contributed by atoms with Crippen molar-refractivity contribution < 1.29 is 14.6 Å². The van der Waals surface area contributed by atoms with Gasteiger partial charge in [0.15, 0.2) is 0 Å². The van der Waals surface area contributed by atoms with Gasteiger partial charge in [-0.1, -0.05) is 12.1 Å². The summed E-state index contributed by atoms with van der Waals surface area (Å²) in [5.74, 6) is 0.876. The molecule has 6 nitrogen and oxygen atoms in total. The molecule has 1 atom stereocenters. The van der Waals surface area contributed by atoms with Gasteiger partial charge in [-0.2, -0.15) is 0 Å². The van der Waals surface area contributed by atoms with Crippen LogP contribution in [0.5, 0.6) is 5.75 Å². The third kappa shape index (κ3) is 6.25. The molecule has 0 saturated carbocycles. The van der Waals surface area contributed by atoms with E-state index in [0.717, 1.165) is 61.8 Å². The summed E-state index contributed by atoms with van der Waals surface area (Å²) < 4.78 is 11.1. The first-order chi connectivity index (χ1) is 14.6. The van der Waals surface area contributed by atoms with Gasteiger partial charge in [-0.15, -0.1) is 0 Å². The third-order valence-corrected chi connectivity index (χ3v) is 5.67. The van der Waals surface area contributed by atoms with Crippen LogP contribution in [0, 0.1) is 6.92 Å². The van der Waals surface area contributed by atoms with E-state index in [-0.39, 0.29) is 6.61 Å². The van der Waals surface area contributed by atoms with Crippen molar-refractivity contribution in [2.45, 2.75) is 46.0 Å². The van der Waals surface area contributed by atoms with Gasteiger partial charge < -0.3 is 14.6 Å². The van der Waals surface area contributed by atoms with Crippen molar-refractivity contribution in [1.29, 1.82) is 0 Å². The normalized spacial score (nSPS) is 17.9. The van der Waals surface area contributed by atoms with Crippen molar-refractivity contribution in [3.05, 3.63) is 58.9 Å². The maximum atomic E-state index is 9.61. The Kier molecular flexibility index (Phi) is 8.63. The zero-order valence-corrected chi connectivity index (χ0v) is 18.5. The van der Waals surface area contributed by atoms with Gasteiger partial charge in [0, 0.05) is 63.2 Å². The first-order valence-electron chi connectivity index (χ1n) is 10.9. The maximum absolute atomic E-state index is 9.61. The molecule has 164 valence electrons. The standard InChI is InChI=1S/C24H35N3O3/c1-4-30-18-21-14-20(8-9-24(21)29-3)15-26-11-12-27(23(17-26)10-13-28)16-22-7-5-6-19(2)25-22/h5-9,14,23,28H,4,10-13,15-18H2,1-3H3/t23-/m0/s1. The summed E-state index contributed by atoms with van der Waals surface area (Å²) in [5, 5.41) is 9.61. The Morgan fingerprint density at radius 1 is 1.17 bits per heavy atom. The lowest BCUT2D eigenvalue weighted by molar-refractivity contribution is 0.0491. The van der Waals surface area contributed by atoms with Crippen molar-refractivity contribution in [2.24, 2.45) is 0 Å². The number of hydrogen-bond donors (Lipinski definition) is 1. The zero-order valence-electron chi connectivity index (χ0n) is 18.5. The molecule has 1 aromatic heterocycles. The maximum Gasteiger partial charge on any atom is 0.124 e. The van der Waals surface area contributed by atoms with Crippen LogP contribution in [0.2, 0.25) is 0 Å². The summed E-state index contributed by atoms with van der Waals surface area (Å²) in [6.07, 6.45) is 0.778. The number of aryl methyl sites for hydroxylation is 1. The minimum Gasteiger partial charge on any atom is -0.496 e. The van der Waals surface area contributed by atoms with Gasteiger partial charge in [-0.3, -0.25) is 14.8 Å². The molecule has 0 amide bonds. The summed E-state index contributed by atoms with van der Waals surface area (Å²) in [5.41, 5.74) is 4.50. The molecule has 30 heavy (non-hydrogen) atoms. The molecule has 0 spiro atoms. The number of aromatic nitrogens is 1. The zero-order chi connectivity index (χ0) is 21.3. The highest BCUT2D eigenvalue weighted by Gasteiger charge is 2.27. The molecule has 1 fully saturated rings. The molecular formula is C24H35N3O3. The van der Waals surface area contributed by atoms with E-state index in [1.165, 1.54) is 5.56 Å². The van der Waals surface area contributed by atoms with E-state index < -0.39 is 0 Å². The first kappa shape index (κ1) is 22.7. The first-order valence-corrected chi connectivity index (χ1v) is 10.9. The van der Waals surface area contributed by atoms with Crippen LogP contribution < -0.4 is 4.74 Å². The Morgan fingerprint density at radius 2 is 2.03 bits per heavy atom. The van der Waals surface area contributed by atoms with Gasteiger partial charge >= 0.3 is 0 Å². The van der Waals surface area contributed by atoms with Crippen molar-refractivity contribution in [2.75, 3.05) is 40.0 Å². The number of benzene rings is 1. The number of nitrogens with zero attached hydrogens (tertiary/aromatic N) is 3. The molecule has 0 radical (unpaired) electrons. The second-order valence-electron chi connectivity index (χ2n) is 7.93. The monoisotopic (exact) mass is 413 g/mol. The predicted molar refractivity (Wildman–Crippen MR) is 118 cm³/mol. The molecule has 0 unspecified atom stereocenters. The number of aliphatic hydroxyl groups excluding tert-OH is 1. The van der Waals surface area contributed by atoms with Crippen molar-refractivity contribution in [3.8, 4) is 5.75 Å². The van der Waals surface area contributed by atoms with Crippen LogP contribution in [0.15, 0.2) is 36.4 Å². The van der Waals surface area contributed by atoms with Crippen LogP contribution in [0.4, 0.5) is 0 Å². The molecule has 1 aromatic carbocycles. The van der Waals surface area contributed by atoms with Gasteiger partial charge in [0.2, 0.25) is 0 Å². The summed E-state index contributed by atoms with van der Waals surface area (Å²) in [4.78, 5) is 9.60. The van der Waals surface area contributed by atoms with Crippen molar-refractivity contribution >= 4 is 0 Å². The molecule has 0 aliphatic carbocycles. The number of pyridine rings is 1. The van der Waals surface area contributed by atoms with E-state index in [1.807, 2.05) is 26.0 Å². The van der Waals surface area contributed by atoms with Crippen LogP contribution in [0.25, 0.3) is 0 Å². The van der Waals surface area contributed by atoms with Crippen LogP contribution >= 0.6 is 0 Å². The lowest BCUT2D eigenvalue weighted by Crippen LogP contribution is -2.52. The highest BCUT2D eigenvalue weighted by molar-refractivity contribution is 5.37. The van der Waals surface area contributed by atoms with E-state index >= 15 is 0 Å². The molecule has 6 heteroatoms. The average molecular weight is 414 g/mol. The quantitative estimate of drug-likeness (QED) is 0.646. The number of ether oxygens (including phenoxy) is 2. The van der Waals surface area contributed by atoms with E-state index in [0.29, 0.717) is 19.3 Å². The smallest absolute Gasteiger partial charge is 0.124 e. The minimum atomic E-state index is 0.206. The predicted octanol–water partition coefficient (Wildman–Crippen LogP) is 3.00. The lowest BCUT2D eigenvalue weighted by Gasteiger charge is -2.41. The van der Waals surface area contributed by atoms with Crippen LogP contribution in [0.1, 0.15) is 35.9 Å². The molecule has 1 saturated heterocycles. The molecule has 1 aliphatic heterocycles. The number of methoxy groups -OCH3 is 1. The largest absolute Gasteiger partial charge is 0.496 e. The summed E-state index contributed by atoms with van der Waals surface area (Å²) in [6, 6.07) is 12.9. The molecule has 2 aromatic rings. The van der Waals surface area contributed by atoms with Crippen LogP contribution in [0.3, 0.4) is 0 Å². The summed E-state index contributed by atoms with van der Waals surface area (Å²) >= 11 is 0. The molecule has 2 heterocycles. The molecular weight excluding hydrogens is 378 g/mol. The number of aliphatic hydroxyl groups is 1. The van der Waals surface area contributed by atoms with E-state index in [2.05, 4.69) is 39.0 Å². The van der Waals surface area contributed by atoms with Gasteiger partial charge in [-0.05, 0) is 50.1 Å². The Hall–Kier alpha value is -1.99. The van der Waals surface area contributed by atoms with Gasteiger partial charge in [0.1, 0.15) is 5.75 Å². The molecule has 1 N–H and O–H groups in total. The number of piperazine rings is 1. The van der Waals surface area contributed by atoms with Gasteiger partial charge in [0.25, 0.3) is 0 Å². The van der Waals surface area contributed by atoms with Crippen LogP contribution in [-0.4, -0.2) is 65.9 Å².